The number of anilines is 1. The smallest absolute Gasteiger partial charge is 0.222 e. The fourth-order valence-electron chi connectivity index (χ4n) is 2.97. The zero-order valence-corrected chi connectivity index (χ0v) is 11.0. The molecule has 0 bridgehead atoms. The fraction of sp³-hybridized carbons (Fsp3) is 0.357. The topological polar surface area (TPSA) is 82.8 Å². The lowest BCUT2D eigenvalue weighted by molar-refractivity contribution is 0.529. The Kier molecular flexibility index (Phi) is 2.48. The number of fused-ring (bicyclic) bond motifs is 1. The van der Waals surface area contributed by atoms with Gasteiger partial charge >= 0.3 is 0 Å². The van der Waals surface area contributed by atoms with E-state index in [2.05, 4.69) is 19.5 Å². The lowest BCUT2D eigenvalue weighted by Gasteiger charge is -2.11. The van der Waals surface area contributed by atoms with E-state index in [1.807, 2.05) is 18.5 Å². The van der Waals surface area contributed by atoms with Crippen LogP contribution in [0.2, 0.25) is 0 Å². The van der Waals surface area contributed by atoms with Gasteiger partial charge in [0.25, 0.3) is 0 Å². The molecule has 0 aliphatic heterocycles. The van der Waals surface area contributed by atoms with Crippen LogP contribution in [-0.4, -0.2) is 19.5 Å². The van der Waals surface area contributed by atoms with Crippen LogP contribution >= 0.6 is 0 Å². The Balaban J connectivity index is 1.93. The summed E-state index contributed by atoms with van der Waals surface area (Å²) in [6.45, 7) is 0. The summed E-state index contributed by atoms with van der Waals surface area (Å²) in [5.74, 6) is 0.921. The molecule has 3 aromatic heterocycles. The maximum atomic E-state index is 5.85. The monoisotopic (exact) mass is 269 g/mol. The Hall–Kier alpha value is -2.37. The van der Waals surface area contributed by atoms with E-state index in [0.717, 1.165) is 11.2 Å². The summed E-state index contributed by atoms with van der Waals surface area (Å²) in [4.78, 5) is 13.1. The molecule has 2 N–H and O–H groups in total. The first-order valence-corrected chi connectivity index (χ1v) is 6.87. The summed E-state index contributed by atoms with van der Waals surface area (Å²) in [7, 11) is 0. The summed E-state index contributed by atoms with van der Waals surface area (Å²) in [5, 5.41) is 0. The van der Waals surface area contributed by atoms with Gasteiger partial charge in [0.15, 0.2) is 11.4 Å². The van der Waals surface area contributed by atoms with Crippen molar-refractivity contribution in [2.45, 2.75) is 31.7 Å². The second-order valence-corrected chi connectivity index (χ2v) is 5.17. The molecule has 0 saturated heterocycles. The Morgan fingerprint density at radius 3 is 2.85 bits per heavy atom. The number of furan rings is 1. The SMILES string of the molecule is Nc1nc(-c2ccco2)c2ncn(C3CCCC3)c2n1. The molecular formula is C14H15N5O. The van der Waals surface area contributed by atoms with Crippen LogP contribution in [0.1, 0.15) is 31.7 Å². The third-order valence-corrected chi connectivity index (χ3v) is 3.91. The molecule has 0 unspecified atom stereocenters. The minimum atomic E-state index is 0.253. The van der Waals surface area contributed by atoms with E-state index in [0.29, 0.717) is 17.5 Å². The van der Waals surface area contributed by atoms with Gasteiger partial charge in [-0.25, -0.2) is 9.97 Å². The number of aromatic nitrogens is 4. The molecule has 3 aromatic rings. The third kappa shape index (κ3) is 1.68. The molecule has 3 heterocycles. The van der Waals surface area contributed by atoms with Crippen LogP contribution in [0.5, 0.6) is 0 Å². The Morgan fingerprint density at radius 1 is 1.25 bits per heavy atom. The van der Waals surface area contributed by atoms with Crippen LogP contribution in [0.3, 0.4) is 0 Å². The zero-order valence-electron chi connectivity index (χ0n) is 11.0. The molecule has 4 rings (SSSR count). The Bertz CT molecular complexity index is 740. The standard InChI is InChI=1S/C14H15N5O/c15-14-17-11(10-6-3-7-20-10)12-13(18-14)19(8-16-12)9-4-1-2-5-9/h3,6-9H,1-2,4-5H2,(H2,15,17,18). The number of nitrogens with two attached hydrogens (primary N) is 1. The molecule has 0 radical (unpaired) electrons. The summed E-state index contributed by atoms with van der Waals surface area (Å²) < 4.78 is 7.55. The Morgan fingerprint density at radius 2 is 2.10 bits per heavy atom. The van der Waals surface area contributed by atoms with E-state index in [9.17, 15) is 0 Å². The van der Waals surface area contributed by atoms with E-state index in [-0.39, 0.29) is 5.95 Å². The van der Waals surface area contributed by atoms with Crippen molar-refractivity contribution in [3.8, 4) is 11.5 Å². The molecule has 6 nitrogen and oxygen atoms in total. The Labute approximate surface area is 115 Å². The third-order valence-electron chi connectivity index (χ3n) is 3.91. The number of nitrogen functional groups attached to an aromatic ring is 1. The molecule has 6 heteroatoms. The van der Waals surface area contributed by atoms with Gasteiger partial charge in [0.1, 0.15) is 11.2 Å². The summed E-state index contributed by atoms with van der Waals surface area (Å²) in [6, 6.07) is 4.15. The average Bonchev–Trinajstić information content (AvgIpc) is 3.18. The van der Waals surface area contributed by atoms with Crippen LogP contribution in [0.25, 0.3) is 22.6 Å². The van der Waals surface area contributed by atoms with E-state index < -0.39 is 0 Å². The number of rotatable bonds is 2. The van der Waals surface area contributed by atoms with Gasteiger partial charge in [-0.2, -0.15) is 4.98 Å². The molecule has 1 fully saturated rings. The zero-order chi connectivity index (χ0) is 13.5. The van der Waals surface area contributed by atoms with Gasteiger partial charge in [-0.15, -0.1) is 0 Å². The highest BCUT2D eigenvalue weighted by Gasteiger charge is 2.22. The van der Waals surface area contributed by atoms with Crippen molar-refractivity contribution in [2.75, 3.05) is 5.73 Å². The van der Waals surface area contributed by atoms with Gasteiger partial charge in [-0.3, -0.25) is 0 Å². The van der Waals surface area contributed by atoms with Crippen LogP contribution in [-0.2, 0) is 0 Å². The maximum Gasteiger partial charge on any atom is 0.222 e. The van der Waals surface area contributed by atoms with Gasteiger partial charge in [0.2, 0.25) is 5.95 Å². The van der Waals surface area contributed by atoms with E-state index in [1.54, 1.807) is 6.26 Å². The highest BCUT2D eigenvalue weighted by molar-refractivity contribution is 5.86. The first-order chi connectivity index (χ1) is 9.83. The van der Waals surface area contributed by atoms with E-state index in [4.69, 9.17) is 10.2 Å². The number of nitrogens with zero attached hydrogens (tertiary/aromatic N) is 4. The van der Waals surface area contributed by atoms with E-state index >= 15 is 0 Å². The maximum absolute atomic E-state index is 5.85. The minimum absolute atomic E-state index is 0.253. The molecule has 0 atom stereocenters. The van der Waals surface area contributed by atoms with Gasteiger partial charge in [0, 0.05) is 6.04 Å². The quantitative estimate of drug-likeness (QED) is 0.773. The first kappa shape index (κ1) is 11.5. The van der Waals surface area contributed by atoms with Crippen molar-refractivity contribution in [3.63, 3.8) is 0 Å². The number of hydrogen-bond acceptors (Lipinski definition) is 5. The lowest BCUT2D eigenvalue weighted by Crippen LogP contribution is -2.06. The lowest BCUT2D eigenvalue weighted by atomic mass is 10.2. The molecule has 0 amide bonds. The van der Waals surface area contributed by atoms with Gasteiger partial charge in [-0.1, -0.05) is 12.8 Å². The van der Waals surface area contributed by atoms with Crippen LogP contribution in [0.15, 0.2) is 29.1 Å². The van der Waals surface area contributed by atoms with E-state index in [1.165, 1.54) is 25.7 Å². The summed E-state index contributed by atoms with van der Waals surface area (Å²) in [5.41, 5.74) is 8.07. The highest BCUT2D eigenvalue weighted by atomic mass is 16.3. The average molecular weight is 269 g/mol. The van der Waals surface area contributed by atoms with Crippen molar-refractivity contribution >= 4 is 17.1 Å². The van der Waals surface area contributed by atoms with Crippen molar-refractivity contribution in [1.82, 2.24) is 19.5 Å². The predicted octanol–water partition coefficient (Wildman–Crippen LogP) is 2.78. The summed E-state index contributed by atoms with van der Waals surface area (Å²) in [6.07, 6.45) is 8.33. The minimum Gasteiger partial charge on any atom is -0.463 e. The summed E-state index contributed by atoms with van der Waals surface area (Å²) >= 11 is 0. The van der Waals surface area contributed by atoms with Crippen molar-refractivity contribution < 1.29 is 4.42 Å². The molecule has 102 valence electrons. The van der Waals surface area contributed by atoms with Crippen molar-refractivity contribution in [2.24, 2.45) is 0 Å². The molecule has 1 saturated carbocycles. The predicted molar refractivity (Wildman–Crippen MR) is 74.9 cm³/mol. The molecular weight excluding hydrogens is 254 g/mol. The van der Waals surface area contributed by atoms with Crippen LogP contribution in [0, 0.1) is 0 Å². The van der Waals surface area contributed by atoms with Crippen LogP contribution in [0.4, 0.5) is 5.95 Å². The largest absolute Gasteiger partial charge is 0.463 e. The normalized spacial score (nSPS) is 16.2. The molecule has 0 spiro atoms. The van der Waals surface area contributed by atoms with Crippen molar-refractivity contribution in [3.05, 3.63) is 24.7 Å². The number of imidazole rings is 1. The second kappa shape index (κ2) is 4.33. The number of hydrogen-bond donors (Lipinski definition) is 1. The van der Waals surface area contributed by atoms with Gasteiger partial charge in [-0.05, 0) is 25.0 Å². The first-order valence-electron chi connectivity index (χ1n) is 6.87. The molecule has 20 heavy (non-hydrogen) atoms. The molecule has 1 aliphatic carbocycles. The van der Waals surface area contributed by atoms with Crippen LogP contribution < -0.4 is 5.73 Å². The highest BCUT2D eigenvalue weighted by Crippen LogP contribution is 2.33. The molecule has 0 aromatic carbocycles. The van der Waals surface area contributed by atoms with Gasteiger partial charge < -0.3 is 14.7 Å². The fourth-order valence-corrected chi connectivity index (χ4v) is 2.97. The molecule has 1 aliphatic rings. The van der Waals surface area contributed by atoms with Crippen molar-refractivity contribution in [1.29, 1.82) is 0 Å². The second-order valence-electron chi connectivity index (χ2n) is 5.17. The van der Waals surface area contributed by atoms with Gasteiger partial charge in [0.05, 0.1) is 12.6 Å².